The van der Waals surface area contributed by atoms with Gasteiger partial charge in [0.15, 0.2) is 6.61 Å². The van der Waals surface area contributed by atoms with Gasteiger partial charge < -0.3 is 10.1 Å². The Morgan fingerprint density at radius 2 is 2.30 bits per heavy atom. The minimum absolute atomic E-state index is 0.114. The van der Waals surface area contributed by atoms with Crippen molar-refractivity contribution in [3.63, 3.8) is 0 Å². The Kier molecular flexibility index (Phi) is 4.99. The summed E-state index contributed by atoms with van der Waals surface area (Å²) >= 11 is 7.52. The van der Waals surface area contributed by atoms with E-state index in [2.05, 4.69) is 5.32 Å². The summed E-state index contributed by atoms with van der Waals surface area (Å²) < 4.78 is 5.32. The Morgan fingerprint density at radius 1 is 1.45 bits per heavy atom. The van der Waals surface area contributed by atoms with Crippen molar-refractivity contribution < 1.29 is 9.53 Å². The molecule has 0 fully saturated rings. The van der Waals surface area contributed by atoms with Crippen molar-refractivity contribution in [1.82, 2.24) is 5.32 Å². The number of rotatable bonds is 5. The topological polar surface area (TPSA) is 62.1 Å². The number of nitrogens with zero attached hydrogens (tertiary/aromatic N) is 1. The van der Waals surface area contributed by atoms with Gasteiger partial charge in [-0.05, 0) is 29.6 Å². The lowest BCUT2D eigenvalue weighted by molar-refractivity contribution is -0.123. The molecule has 4 nitrogen and oxygen atoms in total. The molecule has 102 valence electrons. The van der Waals surface area contributed by atoms with Crippen molar-refractivity contribution in [3.05, 3.63) is 51.2 Å². The van der Waals surface area contributed by atoms with Crippen LogP contribution in [0.5, 0.6) is 5.75 Å². The highest BCUT2D eigenvalue weighted by atomic mass is 35.5. The van der Waals surface area contributed by atoms with E-state index in [1.54, 1.807) is 23.5 Å². The molecule has 0 radical (unpaired) electrons. The SMILES string of the molecule is N#Cc1ccc(OCC(=O)NCc2cccs2)c(Cl)c1. The first-order chi connectivity index (χ1) is 9.69. The molecule has 0 unspecified atom stereocenters. The second-order valence-corrected chi connectivity index (χ2v) is 5.34. The van der Waals surface area contributed by atoms with Gasteiger partial charge in [0.2, 0.25) is 0 Å². The molecule has 1 aromatic heterocycles. The summed E-state index contributed by atoms with van der Waals surface area (Å²) in [5.41, 5.74) is 0.449. The number of halogens is 1. The number of thiophene rings is 1. The van der Waals surface area contributed by atoms with E-state index in [-0.39, 0.29) is 12.5 Å². The average molecular weight is 307 g/mol. The molecule has 0 aliphatic carbocycles. The minimum atomic E-state index is -0.223. The fourth-order valence-corrected chi connectivity index (χ4v) is 2.36. The molecule has 0 atom stereocenters. The molecule has 1 heterocycles. The maximum Gasteiger partial charge on any atom is 0.258 e. The second kappa shape index (κ2) is 6.94. The average Bonchev–Trinajstić information content (AvgIpc) is 2.97. The van der Waals surface area contributed by atoms with Gasteiger partial charge in [-0.25, -0.2) is 0 Å². The maximum atomic E-state index is 11.6. The van der Waals surface area contributed by atoms with Gasteiger partial charge in [-0.2, -0.15) is 5.26 Å². The van der Waals surface area contributed by atoms with Crippen molar-refractivity contribution in [3.8, 4) is 11.8 Å². The van der Waals surface area contributed by atoms with Crippen LogP contribution in [0.2, 0.25) is 5.02 Å². The van der Waals surface area contributed by atoms with Crippen molar-refractivity contribution in [1.29, 1.82) is 5.26 Å². The van der Waals surface area contributed by atoms with Crippen LogP contribution in [-0.4, -0.2) is 12.5 Å². The first kappa shape index (κ1) is 14.4. The zero-order valence-electron chi connectivity index (χ0n) is 10.4. The summed E-state index contributed by atoms with van der Waals surface area (Å²) in [6, 6.07) is 10.5. The van der Waals surface area contributed by atoms with E-state index < -0.39 is 0 Å². The molecule has 0 aliphatic heterocycles. The molecule has 0 bridgehead atoms. The van der Waals surface area contributed by atoms with E-state index in [0.29, 0.717) is 22.9 Å². The predicted molar refractivity (Wildman–Crippen MR) is 77.8 cm³/mol. The van der Waals surface area contributed by atoms with Gasteiger partial charge in [-0.3, -0.25) is 4.79 Å². The van der Waals surface area contributed by atoms with E-state index >= 15 is 0 Å². The first-order valence-electron chi connectivity index (χ1n) is 5.80. The third-order valence-corrected chi connectivity index (χ3v) is 3.63. The third kappa shape index (κ3) is 3.98. The predicted octanol–water partition coefficient (Wildman–Crippen LogP) is 2.97. The number of carbonyl (C=O) groups excluding carboxylic acids is 1. The Balaban J connectivity index is 1.83. The number of ether oxygens (including phenoxy) is 1. The number of benzene rings is 1. The largest absolute Gasteiger partial charge is 0.482 e. The molecule has 1 amide bonds. The summed E-state index contributed by atoms with van der Waals surface area (Å²) in [7, 11) is 0. The van der Waals surface area contributed by atoms with E-state index in [9.17, 15) is 4.79 Å². The summed E-state index contributed by atoms with van der Waals surface area (Å²) in [4.78, 5) is 12.7. The van der Waals surface area contributed by atoms with Gasteiger partial charge in [0.1, 0.15) is 5.75 Å². The highest BCUT2D eigenvalue weighted by Gasteiger charge is 2.07. The molecule has 1 N–H and O–H groups in total. The highest BCUT2D eigenvalue weighted by Crippen LogP contribution is 2.25. The Bertz CT molecular complexity index is 635. The second-order valence-electron chi connectivity index (χ2n) is 3.90. The van der Waals surface area contributed by atoms with Crippen LogP contribution in [0.15, 0.2) is 35.7 Å². The van der Waals surface area contributed by atoms with Gasteiger partial charge in [-0.15, -0.1) is 11.3 Å². The summed E-state index contributed by atoms with van der Waals surface area (Å²) in [6.07, 6.45) is 0. The summed E-state index contributed by atoms with van der Waals surface area (Å²) in [5, 5.41) is 13.7. The van der Waals surface area contributed by atoms with Gasteiger partial charge in [0, 0.05) is 4.88 Å². The van der Waals surface area contributed by atoms with Crippen LogP contribution in [0.3, 0.4) is 0 Å². The minimum Gasteiger partial charge on any atom is -0.482 e. The Labute approximate surface area is 125 Å². The molecular formula is C14H11ClN2O2S. The van der Waals surface area contributed by atoms with Gasteiger partial charge in [0.25, 0.3) is 5.91 Å². The number of carbonyl (C=O) groups is 1. The lowest BCUT2D eigenvalue weighted by Crippen LogP contribution is -2.28. The molecular weight excluding hydrogens is 296 g/mol. The zero-order valence-corrected chi connectivity index (χ0v) is 12.0. The molecule has 0 aliphatic rings. The van der Waals surface area contributed by atoms with Crippen molar-refractivity contribution in [2.75, 3.05) is 6.61 Å². The highest BCUT2D eigenvalue weighted by molar-refractivity contribution is 7.09. The van der Waals surface area contributed by atoms with Crippen LogP contribution in [0.1, 0.15) is 10.4 Å². The van der Waals surface area contributed by atoms with Crippen LogP contribution in [0.4, 0.5) is 0 Å². The molecule has 0 saturated heterocycles. The van der Waals surface area contributed by atoms with Crippen LogP contribution < -0.4 is 10.1 Å². The van der Waals surface area contributed by atoms with Crippen LogP contribution in [0.25, 0.3) is 0 Å². The first-order valence-corrected chi connectivity index (χ1v) is 7.06. The number of amides is 1. The Morgan fingerprint density at radius 3 is 2.95 bits per heavy atom. The molecule has 0 saturated carbocycles. The maximum absolute atomic E-state index is 11.6. The molecule has 20 heavy (non-hydrogen) atoms. The monoisotopic (exact) mass is 306 g/mol. The lowest BCUT2D eigenvalue weighted by atomic mass is 10.2. The van der Waals surface area contributed by atoms with Crippen LogP contribution in [0, 0.1) is 11.3 Å². The van der Waals surface area contributed by atoms with Crippen molar-refractivity contribution in [2.45, 2.75) is 6.54 Å². The zero-order chi connectivity index (χ0) is 14.4. The van der Waals surface area contributed by atoms with Gasteiger partial charge >= 0.3 is 0 Å². The van der Waals surface area contributed by atoms with Gasteiger partial charge in [0.05, 0.1) is 23.2 Å². The summed E-state index contributed by atoms with van der Waals surface area (Å²) in [5.74, 6) is 0.163. The Hall–Kier alpha value is -2.03. The van der Waals surface area contributed by atoms with E-state index in [1.807, 2.05) is 23.6 Å². The quantitative estimate of drug-likeness (QED) is 0.923. The molecule has 2 aromatic rings. The molecule has 1 aromatic carbocycles. The lowest BCUT2D eigenvalue weighted by Gasteiger charge is -2.08. The molecule has 2 rings (SSSR count). The van der Waals surface area contributed by atoms with Gasteiger partial charge in [-0.1, -0.05) is 17.7 Å². The fourth-order valence-electron chi connectivity index (χ4n) is 1.48. The number of hydrogen-bond donors (Lipinski definition) is 1. The van der Waals surface area contributed by atoms with Crippen LogP contribution >= 0.6 is 22.9 Å². The molecule has 6 heteroatoms. The third-order valence-electron chi connectivity index (χ3n) is 2.46. The fraction of sp³-hybridized carbons (Fsp3) is 0.143. The number of nitriles is 1. The summed E-state index contributed by atoms with van der Waals surface area (Å²) in [6.45, 7) is 0.373. The smallest absolute Gasteiger partial charge is 0.258 e. The van der Waals surface area contributed by atoms with E-state index in [1.165, 1.54) is 6.07 Å². The van der Waals surface area contributed by atoms with E-state index in [4.69, 9.17) is 21.6 Å². The van der Waals surface area contributed by atoms with Crippen LogP contribution in [-0.2, 0) is 11.3 Å². The van der Waals surface area contributed by atoms with Crippen molar-refractivity contribution in [2.24, 2.45) is 0 Å². The standard InChI is InChI=1S/C14H11ClN2O2S/c15-12-6-10(7-16)3-4-13(12)19-9-14(18)17-8-11-2-1-5-20-11/h1-6H,8-9H2,(H,17,18). The van der Waals surface area contributed by atoms with Crippen molar-refractivity contribution >= 4 is 28.8 Å². The van der Waals surface area contributed by atoms with E-state index in [0.717, 1.165) is 4.88 Å². The number of hydrogen-bond acceptors (Lipinski definition) is 4. The number of nitrogens with one attached hydrogen (secondary N) is 1. The normalized spacial score (nSPS) is 9.80. The molecule has 0 spiro atoms.